The van der Waals surface area contributed by atoms with Crippen LogP contribution < -0.4 is 10.9 Å². The molecule has 1 aromatic carbocycles. The smallest absolute Gasteiger partial charge is 0.240 e. The highest BCUT2D eigenvalue weighted by Gasteiger charge is 2.15. The van der Waals surface area contributed by atoms with E-state index in [1.54, 1.807) is 6.07 Å². The van der Waals surface area contributed by atoms with Crippen LogP contribution in [0.2, 0.25) is 0 Å². The van der Waals surface area contributed by atoms with Gasteiger partial charge >= 0.3 is 0 Å². The highest BCUT2D eigenvalue weighted by molar-refractivity contribution is 7.89. The normalized spacial score (nSPS) is 10.8. The summed E-state index contributed by atoms with van der Waals surface area (Å²) < 4.78 is 23.9. The lowest BCUT2D eigenvalue weighted by atomic mass is 10.2. The van der Waals surface area contributed by atoms with Crippen molar-refractivity contribution in [3.63, 3.8) is 0 Å². The van der Waals surface area contributed by atoms with Crippen LogP contribution in [0.3, 0.4) is 0 Å². The van der Waals surface area contributed by atoms with Crippen LogP contribution in [0, 0.1) is 22.7 Å². The molecule has 8 nitrogen and oxygen atoms in total. The lowest BCUT2D eigenvalue weighted by Gasteiger charge is -2.08. The Morgan fingerprint density at radius 3 is 2.45 bits per heavy atom. The minimum atomic E-state index is -3.91. The SMILES string of the molecule is N#Cc1ncn(-c2ccc(S(N)(=O)=O)c(N)c2)c1C#N. The topological polar surface area (TPSA) is 152 Å². The first-order chi connectivity index (χ1) is 9.38. The average Bonchev–Trinajstić information content (AvgIpc) is 2.79. The van der Waals surface area contributed by atoms with Gasteiger partial charge in [-0.3, -0.25) is 4.57 Å². The fraction of sp³-hybridized carbons (Fsp3) is 0. The number of benzene rings is 1. The third-order valence-corrected chi connectivity index (χ3v) is 3.54. The third kappa shape index (κ3) is 2.19. The quantitative estimate of drug-likeness (QED) is 0.733. The van der Waals surface area contributed by atoms with Crippen molar-refractivity contribution >= 4 is 15.7 Å². The zero-order valence-corrected chi connectivity index (χ0v) is 10.8. The number of hydrogen-bond donors (Lipinski definition) is 2. The first-order valence-electron chi connectivity index (χ1n) is 5.18. The van der Waals surface area contributed by atoms with E-state index < -0.39 is 10.0 Å². The fourth-order valence-electron chi connectivity index (χ4n) is 1.68. The van der Waals surface area contributed by atoms with Gasteiger partial charge in [0.15, 0.2) is 11.4 Å². The van der Waals surface area contributed by atoms with Gasteiger partial charge in [0.05, 0.1) is 5.69 Å². The number of rotatable bonds is 2. The van der Waals surface area contributed by atoms with Crippen molar-refractivity contribution in [3.05, 3.63) is 35.9 Å². The molecule has 9 heteroatoms. The summed E-state index contributed by atoms with van der Waals surface area (Å²) in [6.45, 7) is 0. The molecule has 0 aliphatic carbocycles. The number of imidazole rings is 1. The van der Waals surface area contributed by atoms with Gasteiger partial charge in [-0.25, -0.2) is 18.5 Å². The molecule has 20 heavy (non-hydrogen) atoms. The van der Waals surface area contributed by atoms with E-state index in [-0.39, 0.29) is 22.0 Å². The summed E-state index contributed by atoms with van der Waals surface area (Å²) in [6.07, 6.45) is 1.28. The summed E-state index contributed by atoms with van der Waals surface area (Å²) in [5, 5.41) is 22.8. The number of nitrogens with zero attached hydrogens (tertiary/aromatic N) is 4. The van der Waals surface area contributed by atoms with E-state index in [0.717, 1.165) is 0 Å². The number of anilines is 1. The Morgan fingerprint density at radius 1 is 1.25 bits per heavy atom. The molecular weight excluding hydrogens is 280 g/mol. The van der Waals surface area contributed by atoms with Gasteiger partial charge in [0.1, 0.15) is 23.4 Å². The average molecular weight is 288 g/mol. The van der Waals surface area contributed by atoms with E-state index in [0.29, 0.717) is 5.69 Å². The van der Waals surface area contributed by atoms with Crippen molar-refractivity contribution in [1.29, 1.82) is 10.5 Å². The Bertz CT molecular complexity index is 869. The molecule has 4 N–H and O–H groups in total. The van der Waals surface area contributed by atoms with Crippen molar-refractivity contribution in [2.45, 2.75) is 4.90 Å². The van der Waals surface area contributed by atoms with Gasteiger partial charge in [0, 0.05) is 5.69 Å². The van der Waals surface area contributed by atoms with E-state index in [9.17, 15) is 8.42 Å². The number of primary sulfonamides is 1. The summed E-state index contributed by atoms with van der Waals surface area (Å²) in [7, 11) is -3.91. The molecule has 0 fully saturated rings. The van der Waals surface area contributed by atoms with Crippen LogP contribution >= 0.6 is 0 Å². The number of nitrogens with two attached hydrogens (primary N) is 2. The van der Waals surface area contributed by atoms with Gasteiger partial charge in [-0.2, -0.15) is 10.5 Å². The summed E-state index contributed by atoms with van der Waals surface area (Å²) >= 11 is 0. The number of hydrogen-bond acceptors (Lipinski definition) is 6. The minimum absolute atomic E-state index is 0.0263. The Labute approximate surface area is 114 Å². The van der Waals surface area contributed by atoms with E-state index in [1.807, 2.05) is 6.07 Å². The van der Waals surface area contributed by atoms with E-state index >= 15 is 0 Å². The molecule has 0 spiro atoms. The van der Waals surface area contributed by atoms with E-state index in [4.69, 9.17) is 21.4 Å². The summed E-state index contributed by atoms with van der Waals surface area (Å²) in [4.78, 5) is 3.57. The van der Waals surface area contributed by atoms with Crippen LogP contribution in [0.25, 0.3) is 5.69 Å². The Hall–Kier alpha value is -2.88. The summed E-state index contributed by atoms with van der Waals surface area (Å²) in [6, 6.07) is 7.62. The molecule has 0 aliphatic rings. The molecule has 0 bridgehead atoms. The molecule has 2 aromatic rings. The minimum Gasteiger partial charge on any atom is -0.398 e. The molecule has 1 aromatic heterocycles. The molecule has 0 saturated carbocycles. The maximum atomic E-state index is 11.3. The zero-order chi connectivity index (χ0) is 14.9. The maximum absolute atomic E-state index is 11.3. The highest BCUT2D eigenvalue weighted by atomic mass is 32.2. The van der Waals surface area contributed by atoms with Gasteiger partial charge < -0.3 is 5.73 Å². The molecular formula is C11H8N6O2S. The lowest BCUT2D eigenvalue weighted by molar-refractivity contribution is 0.598. The first kappa shape index (κ1) is 13.5. The monoisotopic (exact) mass is 288 g/mol. The van der Waals surface area contributed by atoms with Crippen molar-refractivity contribution < 1.29 is 8.42 Å². The van der Waals surface area contributed by atoms with E-state index in [2.05, 4.69) is 4.98 Å². The summed E-state index contributed by atoms with van der Waals surface area (Å²) in [5.74, 6) is 0. The second kappa shape index (κ2) is 4.66. The predicted octanol–water partition coefficient (Wildman–Crippen LogP) is -0.155. The number of aromatic nitrogens is 2. The molecule has 2 rings (SSSR count). The molecule has 0 aliphatic heterocycles. The molecule has 0 amide bonds. The van der Waals surface area contributed by atoms with Gasteiger partial charge in [-0.15, -0.1) is 0 Å². The molecule has 0 saturated heterocycles. The Kier molecular flexibility index (Phi) is 3.16. The van der Waals surface area contributed by atoms with E-state index in [1.165, 1.54) is 29.1 Å². The Morgan fingerprint density at radius 2 is 1.95 bits per heavy atom. The van der Waals surface area contributed by atoms with Gasteiger partial charge in [0.2, 0.25) is 10.0 Å². The number of nitrogen functional groups attached to an aromatic ring is 1. The van der Waals surface area contributed by atoms with Gasteiger partial charge in [-0.1, -0.05) is 0 Å². The molecule has 1 heterocycles. The lowest BCUT2D eigenvalue weighted by Crippen LogP contribution is -2.14. The van der Waals surface area contributed by atoms with Crippen molar-refractivity contribution in [3.8, 4) is 17.8 Å². The largest absolute Gasteiger partial charge is 0.398 e. The molecule has 100 valence electrons. The first-order valence-corrected chi connectivity index (χ1v) is 6.73. The predicted molar refractivity (Wildman–Crippen MR) is 68.8 cm³/mol. The van der Waals surface area contributed by atoms with Crippen LogP contribution in [0.4, 0.5) is 5.69 Å². The summed E-state index contributed by atoms with van der Waals surface area (Å²) in [5.41, 5.74) is 5.99. The van der Waals surface area contributed by atoms with Gasteiger partial charge in [-0.05, 0) is 18.2 Å². The van der Waals surface area contributed by atoms with Crippen molar-refractivity contribution in [1.82, 2.24) is 9.55 Å². The molecule has 0 unspecified atom stereocenters. The Balaban J connectivity index is 2.63. The second-order valence-electron chi connectivity index (χ2n) is 3.80. The van der Waals surface area contributed by atoms with Crippen LogP contribution in [0.5, 0.6) is 0 Å². The standard InChI is InChI=1S/C11H8N6O2S/c12-4-9-10(5-13)17(6-16-9)7-1-2-11(8(14)3-7)20(15,18)19/h1-3,6H,14H2,(H2,15,18,19). The fourth-order valence-corrected chi connectivity index (χ4v) is 2.32. The van der Waals surface area contributed by atoms with Crippen LogP contribution in [-0.2, 0) is 10.0 Å². The maximum Gasteiger partial charge on any atom is 0.240 e. The number of nitriles is 2. The van der Waals surface area contributed by atoms with Crippen LogP contribution in [0.15, 0.2) is 29.4 Å². The highest BCUT2D eigenvalue weighted by Crippen LogP contribution is 2.22. The second-order valence-corrected chi connectivity index (χ2v) is 5.33. The van der Waals surface area contributed by atoms with Gasteiger partial charge in [0.25, 0.3) is 0 Å². The van der Waals surface area contributed by atoms with Crippen molar-refractivity contribution in [2.24, 2.45) is 5.14 Å². The molecule has 0 atom stereocenters. The van der Waals surface area contributed by atoms with Crippen LogP contribution in [-0.4, -0.2) is 18.0 Å². The molecule has 0 radical (unpaired) electrons. The van der Waals surface area contributed by atoms with Crippen LogP contribution in [0.1, 0.15) is 11.4 Å². The number of sulfonamides is 1. The third-order valence-electron chi connectivity index (χ3n) is 2.56. The van der Waals surface area contributed by atoms with Crippen molar-refractivity contribution in [2.75, 3.05) is 5.73 Å². The zero-order valence-electron chi connectivity index (χ0n) is 9.98.